The SMILES string of the molecule is NC[C@H](O)CNC[C@@H](O)CN. The molecule has 0 aliphatic heterocycles. The average molecular weight is 163 g/mol. The molecule has 0 aliphatic carbocycles. The van der Waals surface area contributed by atoms with Gasteiger partial charge in [0.15, 0.2) is 0 Å². The normalized spacial score (nSPS) is 16.4. The summed E-state index contributed by atoms with van der Waals surface area (Å²) in [5.74, 6) is 0. The van der Waals surface area contributed by atoms with Crippen molar-refractivity contribution in [2.45, 2.75) is 12.2 Å². The fraction of sp³-hybridized carbons (Fsp3) is 1.00. The van der Waals surface area contributed by atoms with Gasteiger partial charge in [-0.1, -0.05) is 0 Å². The third-order valence-electron chi connectivity index (χ3n) is 1.30. The lowest BCUT2D eigenvalue weighted by molar-refractivity contribution is 0.153. The van der Waals surface area contributed by atoms with E-state index in [-0.39, 0.29) is 13.1 Å². The van der Waals surface area contributed by atoms with Crippen LogP contribution in [-0.4, -0.2) is 48.6 Å². The monoisotopic (exact) mass is 163 g/mol. The van der Waals surface area contributed by atoms with Crippen molar-refractivity contribution >= 4 is 0 Å². The second-order valence-corrected chi connectivity index (χ2v) is 2.44. The molecular formula is C6H17N3O2. The highest BCUT2D eigenvalue weighted by Gasteiger charge is 2.02. The number of nitrogens with one attached hydrogen (secondary N) is 1. The lowest BCUT2D eigenvalue weighted by atomic mass is 10.3. The second-order valence-electron chi connectivity index (χ2n) is 2.44. The van der Waals surface area contributed by atoms with E-state index in [1.807, 2.05) is 0 Å². The van der Waals surface area contributed by atoms with Gasteiger partial charge in [0.25, 0.3) is 0 Å². The van der Waals surface area contributed by atoms with Crippen LogP contribution in [0.4, 0.5) is 0 Å². The molecule has 5 nitrogen and oxygen atoms in total. The van der Waals surface area contributed by atoms with Crippen LogP contribution < -0.4 is 16.8 Å². The lowest BCUT2D eigenvalue weighted by Crippen LogP contribution is -2.38. The summed E-state index contributed by atoms with van der Waals surface area (Å²) in [5, 5.41) is 20.7. The van der Waals surface area contributed by atoms with Gasteiger partial charge in [0.1, 0.15) is 0 Å². The summed E-state index contributed by atoms with van der Waals surface area (Å²) >= 11 is 0. The Balaban J connectivity index is 3.13. The molecule has 0 heterocycles. The van der Waals surface area contributed by atoms with Gasteiger partial charge in [0.2, 0.25) is 0 Å². The van der Waals surface area contributed by atoms with Crippen molar-refractivity contribution in [2.75, 3.05) is 26.2 Å². The van der Waals surface area contributed by atoms with Gasteiger partial charge in [-0.25, -0.2) is 0 Å². The fourth-order valence-corrected chi connectivity index (χ4v) is 0.583. The number of aliphatic hydroxyl groups is 2. The van der Waals surface area contributed by atoms with Crippen molar-refractivity contribution in [3.8, 4) is 0 Å². The molecule has 0 rings (SSSR count). The zero-order valence-electron chi connectivity index (χ0n) is 6.53. The van der Waals surface area contributed by atoms with Gasteiger partial charge < -0.3 is 27.0 Å². The highest BCUT2D eigenvalue weighted by atomic mass is 16.3. The van der Waals surface area contributed by atoms with Gasteiger partial charge in [0, 0.05) is 26.2 Å². The zero-order chi connectivity index (χ0) is 8.69. The van der Waals surface area contributed by atoms with E-state index < -0.39 is 12.2 Å². The highest BCUT2D eigenvalue weighted by molar-refractivity contribution is 4.63. The fourth-order valence-electron chi connectivity index (χ4n) is 0.583. The minimum atomic E-state index is -0.542. The van der Waals surface area contributed by atoms with E-state index >= 15 is 0 Å². The van der Waals surface area contributed by atoms with Gasteiger partial charge in [-0.2, -0.15) is 0 Å². The average Bonchev–Trinajstić information content (AvgIpc) is 2.04. The van der Waals surface area contributed by atoms with E-state index in [0.717, 1.165) is 0 Å². The molecule has 68 valence electrons. The predicted octanol–water partition coefficient (Wildman–Crippen LogP) is -2.78. The number of hydrogen-bond donors (Lipinski definition) is 5. The maximum atomic E-state index is 8.94. The third kappa shape index (κ3) is 6.21. The summed E-state index contributed by atoms with van der Waals surface area (Å²) < 4.78 is 0. The molecule has 0 saturated carbocycles. The summed E-state index contributed by atoms with van der Waals surface area (Å²) in [4.78, 5) is 0. The van der Waals surface area contributed by atoms with Crippen molar-refractivity contribution in [1.82, 2.24) is 5.32 Å². The molecule has 0 aliphatic rings. The molecule has 0 spiro atoms. The lowest BCUT2D eigenvalue weighted by Gasteiger charge is -2.11. The maximum absolute atomic E-state index is 8.94. The van der Waals surface area contributed by atoms with Crippen LogP contribution in [0, 0.1) is 0 Å². The first-order chi connectivity index (χ1) is 5.20. The van der Waals surface area contributed by atoms with Crippen molar-refractivity contribution in [1.29, 1.82) is 0 Å². The Morgan fingerprint density at radius 1 is 1.00 bits per heavy atom. The molecule has 5 heteroatoms. The summed E-state index contributed by atoms with van der Waals surface area (Å²) in [7, 11) is 0. The highest BCUT2D eigenvalue weighted by Crippen LogP contribution is 1.77. The van der Waals surface area contributed by atoms with E-state index in [2.05, 4.69) is 5.32 Å². The minimum Gasteiger partial charge on any atom is -0.390 e. The largest absolute Gasteiger partial charge is 0.390 e. The summed E-state index contributed by atoms with van der Waals surface area (Å²) in [5.41, 5.74) is 10.3. The van der Waals surface area contributed by atoms with E-state index in [1.165, 1.54) is 0 Å². The van der Waals surface area contributed by atoms with Crippen molar-refractivity contribution in [3.05, 3.63) is 0 Å². The summed E-state index contributed by atoms with van der Waals surface area (Å²) in [6.45, 7) is 1.25. The number of hydrogen-bond acceptors (Lipinski definition) is 5. The summed E-state index contributed by atoms with van der Waals surface area (Å²) in [6.07, 6.45) is -1.08. The number of rotatable bonds is 6. The van der Waals surface area contributed by atoms with Crippen molar-refractivity contribution in [2.24, 2.45) is 11.5 Å². The quantitative estimate of drug-likeness (QED) is 0.291. The van der Waals surface area contributed by atoms with E-state index in [0.29, 0.717) is 13.1 Å². The van der Waals surface area contributed by atoms with Crippen LogP contribution in [0.3, 0.4) is 0 Å². The molecule has 2 atom stereocenters. The number of aliphatic hydroxyl groups excluding tert-OH is 2. The van der Waals surface area contributed by atoms with Crippen LogP contribution in [0.5, 0.6) is 0 Å². The molecule has 0 bridgehead atoms. The molecule has 0 saturated heterocycles. The first kappa shape index (κ1) is 10.8. The minimum absolute atomic E-state index is 0.228. The molecule has 0 aromatic heterocycles. The topological polar surface area (TPSA) is 105 Å². The van der Waals surface area contributed by atoms with Gasteiger partial charge in [-0.05, 0) is 0 Å². The van der Waals surface area contributed by atoms with E-state index in [4.69, 9.17) is 21.7 Å². The Bertz CT molecular complexity index is 81.9. The van der Waals surface area contributed by atoms with Gasteiger partial charge >= 0.3 is 0 Å². The van der Waals surface area contributed by atoms with Crippen molar-refractivity contribution in [3.63, 3.8) is 0 Å². The first-order valence-electron chi connectivity index (χ1n) is 3.67. The van der Waals surface area contributed by atoms with E-state index in [9.17, 15) is 0 Å². The Hall–Kier alpha value is -0.200. The third-order valence-corrected chi connectivity index (χ3v) is 1.30. The Kier molecular flexibility index (Phi) is 6.39. The Morgan fingerprint density at radius 2 is 1.36 bits per heavy atom. The first-order valence-corrected chi connectivity index (χ1v) is 3.67. The van der Waals surface area contributed by atoms with Crippen molar-refractivity contribution < 1.29 is 10.2 Å². The van der Waals surface area contributed by atoms with Crippen LogP contribution in [0.2, 0.25) is 0 Å². The van der Waals surface area contributed by atoms with Crippen LogP contribution >= 0.6 is 0 Å². The molecule has 7 N–H and O–H groups in total. The standard InChI is InChI=1S/C6H17N3O2/c7-1-5(10)3-9-4-6(11)2-8/h5-6,9-11H,1-4,7-8H2/t5-,6-/m0/s1. The summed E-state index contributed by atoms with van der Waals surface area (Å²) in [6, 6.07) is 0. The molecule has 0 aromatic carbocycles. The van der Waals surface area contributed by atoms with Gasteiger partial charge in [-0.3, -0.25) is 0 Å². The van der Waals surface area contributed by atoms with E-state index in [1.54, 1.807) is 0 Å². The molecule has 0 unspecified atom stereocenters. The van der Waals surface area contributed by atoms with Gasteiger partial charge in [-0.15, -0.1) is 0 Å². The zero-order valence-corrected chi connectivity index (χ0v) is 6.53. The van der Waals surface area contributed by atoms with Gasteiger partial charge in [0.05, 0.1) is 12.2 Å². The van der Waals surface area contributed by atoms with Crippen LogP contribution in [-0.2, 0) is 0 Å². The maximum Gasteiger partial charge on any atom is 0.0786 e. The number of nitrogens with two attached hydrogens (primary N) is 2. The molecule has 0 radical (unpaired) electrons. The smallest absolute Gasteiger partial charge is 0.0786 e. The molecule has 0 aromatic rings. The molecule has 11 heavy (non-hydrogen) atoms. The predicted molar refractivity (Wildman–Crippen MR) is 43.0 cm³/mol. The Labute approximate surface area is 66.4 Å². The molecule has 0 amide bonds. The molecular weight excluding hydrogens is 146 g/mol. The van der Waals surface area contributed by atoms with Crippen LogP contribution in [0.15, 0.2) is 0 Å². The second kappa shape index (κ2) is 6.51. The molecule has 0 fully saturated rings. The van der Waals surface area contributed by atoms with Crippen LogP contribution in [0.1, 0.15) is 0 Å². The van der Waals surface area contributed by atoms with Crippen LogP contribution in [0.25, 0.3) is 0 Å². The Morgan fingerprint density at radius 3 is 1.64 bits per heavy atom.